The molecule has 2 saturated heterocycles. The quantitative estimate of drug-likeness (QED) is 0.352. The highest BCUT2D eigenvalue weighted by Gasteiger charge is 2.38. The van der Waals surface area contributed by atoms with E-state index in [4.69, 9.17) is 9.47 Å². The van der Waals surface area contributed by atoms with E-state index < -0.39 is 23.9 Å². The van der Waals surface area contributed by atoms with E-state index in [1.165, 1.54) is 16.2 Å². The van der Waals surface area contributed by atoms with Crippen LogP contribution in [0.5, 0.6) is 0 Å². The number of nitrogens with one attached hydrogen (secondary N) is 3. The van der Waals surface area contributed by atoms with E-state index in [2.05, 4.69) is 20.9 Å². The maximum atomic E-state index is 14.0. The molecule has 2 aromatic carbocycles. The topological polar surface area (TPSA) is 142 Å². The van der Waals surface area contributed by atoms with Crippen molar-refractivity contribution in [3.8, 4) is 11.3 Å². The number of carbonyl (C=O) groups is 4. The van der Waals surface area contributed by atoms with Gasteiger partial charge in [-0.25, -0.2) is 9.78 Å². The van der Waals surface area contributed by atoms with E-state index in [-0.39, 0.29) is 37.7 Å². The van der Waals surface area contributed by atoms with Crippen molar-refractivity contribution < 1.29 is 28.7 Å². The summed E-state index contributed by atoms with van der Waals surface area (Å²) in [6, 6.07) is 14.2. The Balaban J connectivity index is 1.13. The van der Waals surface area contributed by atoms with Crippen LogP contribution in [0.1, 0.15) is 34.8 Å². The molecule has 3 fully saturated rings. The lowest BCUT2D eigenvalue weighted by molar-refractivity contribution is -0.148. The molecule has 1 saturated carbocycles. The number of urea groups is 1. The lowest BCUT2D eigenvalue weighted by Gasteiger charge is -2.37. The van der Waals surface area contributed by atoms with Gasteiger partial charge in [-0.1, -0.05) is 42.5 Å². The van der Waals surface area contributed by atoms with Gasteiger partial charge in [0.1, 0.15) is 12.1 Å². The largest absolute Gasteiger partial charge is 0.378 e. The molecule has 44 heavy (non-hydrogen) atoms. The smallest absolute Gasteiger partial charge is 0.318 e. The molecule has 0 radical (unpaired) electrons. The van der Waals surface area contributed by atoms with E-state index in [1.807, 2.05) is 23.6 Å². The van der Waals surface area contributed by atoms with Gasteiger partial charge in [0.25, 0.3) is 17.7 Å². The van der Waals surface area contributed by atoms with Crippen molar-refractivity contribution >= 4 is 40.2 Å². The van der Waals surface area contributed by atoms with Crippen LogP contribution in [0.15, 0.2) is 60.0 Å². The molecule has 230 valence electrons. The van der Waals surface area contributed by atoms with Crippen molar-refractivity contribution in [2.75, 3.05) is 51.4 Å². The highest BCUT2D eigenvalue weighted by molar-refractivity contribution is 7.14. The maximum absolute atomic E-state index is 14.0. The van der Waals surface area contributed by atoms with Gasteiger partial charge in [-0.3, -0.25) is 14.4 Å². The number of hydrogen-bond acceptors (Lipinski definition) is 8. The number of nitrogens with zero attached hydrogens (tertiary/aromatic N) is 3. The third-order valence-electron chi connectivity index (χ3n) is 7.75. The van der Waals surface area contributed by atoms with Gasteiger partial charge in [0, 0.05) is 42.2 Å². The Morgan fingerprint density at radius 3 is 2.36 bits per heavy atom. The van der Waals surface area contributed by atoms with Crippen LogP contribution in [0.2, 0.25) is 0 Å². The standard InChI is InChI=1S/C31H34N6O6S/c38-27(32-23-10-11-23)22-8-6-20(7-9-22)24-19-44-30(33-24)35-28(39)25-18-43-17-14-37(25)29(40)26(21-4-2-1-3-5-21)34-31(41)36-12-15-42-16-13-36/h1-9,19,23,25-26H,10-18H2,(H,32,38)(H,34,41)(H,33,35,39). The Labute approximate surface area is 258 Å². The summed E-state index contributed by atoms with van der Waals surface area (Å²) in [7, 11) is 0. The lowest BCUT2D eigenvalue weighted by atomic mass is 10.0. The number of ether oxygens (including phenoxy) is 2. The number of amides is 5. The van der Waals surface area contributed by atoms with Crippen LogP contribution >= 0.6 is 11.3 Å². The number of morpholine rings is 2. The summed E-state index contributed by atoms with van der Waals surface area (Å²) in [4.78, 5) is 60.5. The number of anilines is 1. The molecule has 3 aliphatic rings. The molecule has 6 rings (SSSR count). The van der Waals surface area contributed by atoms with Crippen LogP contribution < -0.4 is 16.0 Å². The predicted molar refractivity (Wildman–Crippen MR) is 163 cm³/mol. The summed E-state index contributed by atoms with van der Waals surface area (Å²) < 4.78 is 11.0. The first kappa shape index (κ1) is 29.7. The van der Waals surface area contributed by atoms with Crippen LogP contribution in [0.3, 0.4) is 0 Å². The average Bonchev–Trinajstić information content (AvgIpc) is 3.77. The van der Waals surface area contributed by atoms with Gasteiger partial charge in [-0.05, 0) is 30.5 Å². The van der Waals surface area contributed by atoms with Crippen molar-refractivity contribution in [1.29, 1.82) is 0 Å². The van der Waals surface area contributed by atoms with Crippen LogP contribution in [0.25, 0.3) is 11.3 Å². The zero-order chi connectivity index (χ0) is 30.5. The lowest BCUT2D eigenvalue weighted by Crippen LogP contribution is -2.58. The van der Waals surface area contributed by atoms with E-state index in [0.717, 1.165) is 18.4 Å². The fraction of sp³-hybridized carbons (Fsp3) is 0.387. The summed E-state index contributed by atoms with van der Waals surface area (Å²) >= 11 is 1.26. The first-order chi connectivity index (χ1) is 21.5. The van der Waals surface area contributed by atoms with Crippen molar-refractivity contribution in [3.63, 3.8) is 0 Å². The predicted octanol–water partition coefficient (Wildman–Crippen LogP) is 2.65. The molecule has 12 nitrogen and oxygen atoms in total. The molecule has 3 heterocycles. The minimum absolute atomic E-state index is 0.0130. The molecule has 3 aromatic rings. The molecule has 0 bridgehead atoms. The molecule has 1 aromatic heterocycles. The van der Waals surface area contributed by atoms with Gasteiger partial charge in [-0.15, -0.1) is 11.3 Å². The molecule has 13 heteroatoms. The van der Waals surface area contributed by atoms with Crippen molar-refractivity contribution in [1.82, 2.24) is 25.4 Å². The fourth-order valence-electron chi connectivity index (χ4n) is 5.11. The van der Waals surface area contributed by atoms with E-state index >= 15 is 0 Å². The first-order valence-corrected chi connectivity index (χ1v) is 15.6. The number of thiazole rings is 1. The monoisotopic (exact) mass is 618 g/mol. The van der Waals surface area contributed by atoms with Crippen molar-refractivity contribution in [2.24, 2.45) is 0 Å². The zero-order valence-electron chi connectivity index (χ0n) is 24.1. The summed E-state index contributed by atoms with van der Waals surface area (Å²) in [5, 5.41) is 10.9. The van der Waals surface area contributed by atoms with Crippen molar-refractivity contribution in [3.05, 3.63) is 71.1 Å². The Kier molecular flexibility index (Phi) is 9.15. The minimum atomic E-state index is -0.985. The van der Waals surface area contributed by atoms with E-state index in [1.54, 1.807) is 41.3 Å². The number of aromatic nitrogens is 1. The zero-order valence-corrected chi connectivity index (χ0v) is 24.9. The second-order valence-corrected chi connectivity index (χ2v) is 11.7. The molecule has 5 amide bonds. The molecular formula is C31H34N6O6S. The SMILES string of the molecule is O=C(NC1CC1)c1ccc(-c2csc(NC(=O)C3COCCN3C(=O)C(NC(=O)N3CCOCC3)c3ccccc3)n2)cc1. The highest BCUT2D eigenvalue weighted by atomic mass is 32.1. The van der Waals surface area contributed by atoms with E-state index in [0.29, 0.717) is 48.3 Å². The molecule has 2 unspecified atom stereocenters. The maximum Gasteiger partial charge on any atom is 0.318 e. The third kappa shape index (κ3) is 7.07. The summed E-state index contributed by atoms with van der Waals surface area (Å²) in [5.41, 5.74) is 2.67. The molecule has 1 aliphatic carbocycles. The van der Waals surface area contributed by atoms with Gasteiger partial charge >= 0.3 is 6.03 Å². The number of benzene rings is 2. The van der Waals surface area contributed by atoms with Crippen LogP contribution in [-0.2, 0) is 19.1 Å². The molecule has 2 atom stereocenters. The van der Waals surface area contributed by atoms with Crippen LogP contribution in [-0.4, -0.2) is 96.7 Å². The molecule has 2 aliphatic heterocycles. The van der Waals surface area contributed by atoms with Crippen molar-refractivity contribution in [2.45, 2.75) is 31.0 Å². The summed E-state index contributed by atoms with van der Waals surface area (Å²) in [5.74, 6) is -0.918. The second-order valence-electron chi connectivity index (χ2n) is 10.9. The average molecular weight is 619 g/mol. The van der Waals surface area contributed by atoms with Crippen LogP contribution in [0, 0.1) is 0 Å². The number of carbonyl (C=O) groups excluding carboxylic acids is 4. The Morgan fingerprint density at radius 2 is 1.64 bits per heavy atom. The summed E-state index contributed by atoms with van der Waals surface area (Å²) in [6.45, 7) is 2.20. The van der Waals surface area contributed by atoms with Gasteiger partial charge in [0.2, 0.25) is 0 Å². The molecular weight excluding hydrogens is 584 g/mol. The Morgan fingerprint density at radius 1 is 0.909 bits per heavy atom. The van der Waals surface area contributed by atoms with E-state index in [9.17, 15) is 19.2 Å². The number of rotatable bonds is 8. The van der Waals surface area contributed by atoms with Crippen LogP contribution in [0.4, 0.5) is 9.93 Å². The minimum Gasteiger partial charge on any atom is -0.378 e. The number of hydrogen-bond donors (Lipinski definition) is 3. The van der Waals surface area contributed by atoms with Gasteiger partial charge < -0.3 is 35.2 Å². The van der Waals surface area contributed by atoms with Gasteiger partial charge in [0.05, 0.1) is 32.1 Å². The second kappa shape index (κ2) is 13.5. The molecule has 3 N–H and O–H groups in total. The normalized spacial score (nSPS) is 19.1. The van der Waals surface area contributed by atoms with Gasteiger partial charge in [0.15, 0.2) is 5.13 Å². The Hall–Kier alpha value is -4.33. The van der Waals surface area contributed by atoms with Gasteiger partial charge in [-0.2, -0.15) is 0 Å². The first-order valence-electron chi connectivity index (χ1n) is 14.7. The Bertz CT molecular complexity index is 1490. The highest BCUT2D eigenvalue weighted by Crippen LogP contribution is 2.27. The summed E-state index contributed by atoms with van der Waals surface area (Å²) in [6.07, 6.45) is 2.05. The fourth-order valence-corrected chi connectivity index (χ4v) is 5.83. The third-order valence-corrected chi connectivity index (χ3v) is 8.51. The molecule has 0 spiro atoms.